The molecule has 1 amide bonds. The van der Waals surface area contributed by atoms with Crippen LogP contribution in [0.4, 0.5) is 5.69 Å². The first-order valence-electron chi connectivity index (χ1n) is 14.0. The molecule has 0 unspecified atom stereocenters. The number of aromatic nitrogens is 2. The predicted octanol–water partition coefficient (Wildman–Crippen LogP) is 7.91. The first-order chi connectivity index (χ1) is 20.1. The predicted molar refractivity (Wildman–Crippen MR) is 175 cm³/mol. The lowest BCUT2D eigenvalue weighted by Crippen LogP contribution is -2.20. The summed E-state index contributed by atoms with van der Waals surface area (Å²) < 4.78 is 0. The van der Waals surface area contributed by atoms with Crippen molar-refractivity contribution in [3.63, 3.8) is 0 Å². The van der Waals surface area contributed by atoms with E-state index in [1.165, 1.54) is 11.3 Å². The number of unbranched alkanes of at least 4 members (excludes halogenated alkanes) is 1. The van der Waals surface area contributed by atoms with Crippen LogP contribution < -0.4 is 11.1 Å². The van der Waals surface area contributed by atoms with Gasteiger partial charge < -0.3 is 16.0 Å². The van der Waals surface area contributed by atoms with Crippen molar-refractivity contribution in [1.29, 1.82) is 5.41 Å². The second-order valence-corrected chi connectivity index (χ2v) is 11.5. The van der Waals surface area contributed by atoms with Crippen molar-refractivity contribution in [1.82, 2.24) is 15.3 Å². The van der Waals surface area contributed by atoms with Gasteiger partial charge in [-0.15, -0.1) is 17.9 Å². The summed E-state index contributed by atoms with van der Waals surface area (Å²) in [7, 11) is 0. The maximum Gasteiger partial charge on any atom is 0.224 e. The van der Waals surface area contributed by atoms with E-state index >= 15 is 0 Å². The summed E-state index contributed by atoms with van der Waals surface area (Å²) in [5, 5.41) is 13.0. The van der Waals surface area contributed by atoms with Crippen molar-refractivity contribution in [3.8, 4) is 10.4 Å². The van der Waals surface area contributed by atoms with Gasteiger partial charge in [-0.05, 0) is 73.7 Å². The Balaban J connectivity index is 1.71. The fourth-order valence-electron chi connectivity index (χ4n) is 4.62. The third-order valence-electron chi connectivity index (χ3n) is 6.97. The Morgan fingerprint density at radius 1 is 1.19 bits per heavy atom. The van der Waals surface area contributed by atoms with E-state index in [9.17, 15) is 9.59 Å². The molecule has 0 saturated carbocycles. The molecule has 0 aliphatic rings. The third-order valence-corrected chi connectivity index (χ3v) is 8.19. The van der Waals surface area contributed by atoms with Gasteiger partial charge >= 0.3 is 0 Å². The van der Waals surface area contributed by atoms with Gasteiger partial charge in [-0.3, -0.25) is 20.0 Å². The highest BCUT2D eigenvalue weighted by Gasteiger charge is 2.17. The van der Waals surface area contributed by atoms with Crippen molar-refractivity contribution < 1.29 is 9.59 Å². The van der Waals surface area contributed by atoms with Crippen LogP contribution in [0.5, 0.6) is 0 Å². The third kappa shape index (κ3) is 7.01. The number of aromatic amines is 1. The Hall–Kier alpha value is -4.56. The van der Waals surface area contributed by atoms with Crippen molar-refractivity contribution in [2.24, 2.45) is 5.92 Å². The highest BCUT2D eigenvalue weighted by Crippen LogP contribution is 2.34. The standard InChI is InChI=1S/C34H37N5O2S/c1-6-8-9-33(41)38-21(4)15-24(14-20(3)7-2)23-10-11-28(35)26(16-23)34(36)29-17-25-27(18-37-19-30(25)39-29)32-13-12-31(42-32)22(5)40/h7,10-20,36,39H,2,6,8-9,35H2,1,3-5H3,(H,38,41)/b21-15+,24-14+,36-34?/t20-/m0/s1. The summed E-state index contributed by atoms with van der Waals surface area (Å²) >= 11 is 1.43. The number of anilines is 1. The van der Waals surface area contributed by atoms with Gasteiger partial charge in [0.1, 0.15) is 0 Å². The number of nitrogen functional groups attached to an aromatic ring is 1. The molecule has 216 valence electrons. The molecular weight excluding hydrogens is 542 g/mol. The molecule has 3 aromatic heterocycles. The second-order valence-electron chi connectivity index (χ2n) is 10.4. The molecule has 0 fully saturated rings. The van der Waals surface area contributed by atoms with Crippen LogP contribution in [0.2, 0.25) is 0 Å². The summed E-state index contributed by atoms with van der Waals surface area (Å²) in [5.41, 5.74) is 12.5. The smallest absolute Gasteiger partial charge is 0.224 e. The maximum absolute atomic E-state index is 12.3. The van der Waals surface area contributed by atoms with Crippen molar-refractivity contribution in [3.05, 3.63) is 101 Å². The number of carbonyl (C=O) groups is 2. The normalized spacial score (nSPS) is 12.8. The molecule has 0 radical (unpaired) electrons. The van der Waals surface area contributed by atoms with Crippen LogP contribution in [0, 0.1) is 11.3 Å². The number of rotatable bonds is 12. The first-order valence-corrected chi connectivity index (χ1v) is 14.8. The molecule has 0 bridgehead atoms. The Kier molecular flexibility index (Phi) is 9.70. The zero-order valence-electron chi connectivity index (χ0n) is 24.5. The minimum Gasteiger partial charge on any atom is -0.398 e. The molecule has 4 rings (SSSR count). The van der Waals surface area contributed by atoms with Crippen LogP contribution in [-0.4, -0.2) is 27.4 Å². The van der Waals surface area contributed by atoms with Crippen molar-refractivity contribution in [2.45, 2.75) is 47.0 Å². The molecule has 7 nitrogen and oxygen atoms in total. The molecule has 5 N–H and O–H groups in total. The summed E-state index contributed by atoms with van der Waals surface area (Å²) in [6.07, 6.45) is 11.7. The number of amides is 1. The number of nitrogens with one attached hydrogen (secondary N) is 3. The summed E-state index contributed by atoms with van der Waals surface area (Å²) in [4.78, 5) is 33.5. The number of ketones is 1. The molecule has 0 aliphatic heterocycles. The van der Waals surface area contributed by atoms with Crippen LogP contribution in [0.1, 0.15) is 73.4 Å². The van der Waals surface area contributed by atoms with E-state index in [4.69, 9.17) is 11.1 Å². The number of carbonyl (C=O) groups excluding carboxylic acids is 2. The lowest BCUT2D eigenvalue weighted by molar-refractivity contribution is -0.120. The van der Waals surface area contributed by atoms with Gasteiger partial charge in [0.25, 0.3) is 0 Å². The maximum atomic E-state index is 12.3. The van der Waals surface area contributed by atoms with Gasteiger partial charge in [0.2, 0.25) is 5.91 Å². The molecule has 0 spiro atoms. The van der Waals surface area contributed by atoms with Crippen LogP contribution in [0.3, 0.4) is 0 Å². The largest absolute Gasteiger partial charge is 0.398 e. The van der Waals surface area contributed by atoms with Crippen molar-refractivity contribution >= 4 is 50.9 Å². The van der Waals surface area contributed by atoms with Crippen LogP contribution in [-0.2, 0) is 4.79 Å². The average molecular weight is 580 g/mol. The van der Waals surface area contributed by atoms with Crippen molar-refractivity contribution in [2.75, 3.05) is 5.73 Å². The minimum atomic E-state index is -0.00534. The van der Waals surface area contributed by atoms with Gasteiger partial charge in [-0.2, -0.15) is 0 Å². The molecule has 0 saturated heterocycles. The van der Waals surface area contributed by atoms with Gasteiger partial charge in [0, 0.05) is 45.4 Å². The molecule has 1 aromatic carbocycles. The summed E-state index contributed by atoms with van der Waals surface area (Å²) in [6.45, 7) is 11.4. The Morgan fingerprint density at radius 2 is 1.98 bits per heavy atom. The first kappa shape index (κ1) is 30.4. The number of fused-ring (bicyclic) bond motifs is 1. The Morgan fingerprint density at radius 3 is 2.67 bits per heavy atom. The van der Waals surface area contributed by atoms with E-state index in [1.807, 2.05) is 56.3 Å². The number of nitrogens with two attached hydrogens (primary N) is 1. The lowest BCUT2D eigenvalue weighted by Gasteiger charge is -2.13. The lowest BCUT2D eigenvalue weighted by atomic mass is 9.95. The van der Waals surface area contributed by atoms with Gasteiger partial charge in [-0.25, -0.2) is 0 Å². The van der Waals surface area contributed by atoms with E-state index in [0.717, 1.165) is 51.0 Å². The molecule has 3 heterocycles. The SMILES string of the molecule is C=C[C@H](C)/C=C(\C=C(/C)NC(=O)CCCC)c1ccc(N)c(C(=N)c2cc3c(-c4ccc(C(C)=O)s4)cncc3[nH]2)c1. The molecule has 4 aromatic rings. The number of H-pyrrole nitrogens is 1. The number of allylic oxidation sites excluding steroid dienone is 5. The van der Waals surface area contributed by atoms with Crippen LogP contribution >= 0.6 is 11.3 Å². The zero-order chi connectivity index (χ0) is 30.4. The second kappa shape index (κ2) is 13.4. The van der Waals surface area contributed by atoms with E-state index < -0.39 is 0 Å². The number of nitrogens with zero attached hydrogens (tertiary/aromatic N) is 1. The molecule has 8 heteroatoms. The minimum absolute atomic E-state index is 0.00534. The monoisotopic (exact) mass is 579 g/mol. The Labute approximate surface area is 250 Å². The summed E-state index contributed by atoms with van der Waals surface area (Å²) in [5.74, 6) is 0.105. The van der Waals surface area contributed by atoms with E-state index in [2.05, 4.69) is 34.9 Å². The average Bonchev–Trinajstić information content (AvgIpc) is 3.63. The molecule has 0 aliphatic carbocycles. The summed E-state index contributed by atoms with van der Waals surface area (Å²) in [6, 6.07) is 11.3. The van der Waals surface area contributed by atoms with E-state index in [1.54, 1.807) is 25.4 Å². The van der Waals surface area contributed by atoms with E-state index in [-0.39, 0.29) is 23.3 Å². The topological polar surface area (TPSA) is 125 Å². The van der Waals surface area contributed by atoms with Gasteiger partial charge in [0.05, 0.1) is 28.0 Å². The number of benzene rings is 1. The number of Topliss-reactive ketones (excluding diaryl/α,β-unsaturated/α-hetero) is 1. The molecule has 42 heavy (non-hydrogen) atoms. The van der Waals surface area contributed by atoms with Gasteiger partial charge in [-0.1, -0.05) is 38.5 Å². The van der Waals surface area contributed by atoms with Crippen LogP contribution in [0.15, 0.2) is 79.3 Å². The number of hydrogen-bond donors (Lipinski definition) is 4. The zero-order valence-corrected chi connectivity index (χ0v) is 25.3. The highest BCUT2D eigenvalue weighted by molar-refractivity contribution is 7.17. The number of hydrogen-bond acceptors (Lipinski definition) is 6. The number of pyridine rings is 1. The van der Waals surface area contributed by atoms with E-state index in [0.29, 0.717) is 28.2 Å². The number of thiophene rings is 1. The van der Waals surface area contributed by atoms with Crippen LogP contribution in [0.25, 0.3) is 26.9 Å². The Bertz CT molecular complexity index is 1720. The quantitative estimate of drug-likeness (QED) is 0.0447. The fourth-order valence-corrected chi connectivity index (χ4v) is 5.54. The highest BCUT2D eigenvalue weighted by atomic mass is 32.1. The fraction of sp³-hybridized carbons (Fsp3) is 0.235. The van der Waals surface area contributed by atoms with Gasteiger partial charge in [0.15, 0.2) is 5.78 Å². The molecular formula is C34H37N5O2S. The molecule has 1 atom stereocenters.